The quantitative estimate of drug-likeness (QED) is 0.915. The summed E-state index contributed by atoms with van der Waals surface area (Å²) in [6.45, 7) is 6.08. The number of carbonyl (C=O) groups excluding carboxylic acids is 2. The molecule has 1 N–H and O–H groups in total. The Morgan fingerprint density at radius 1 is 1.20 bits per heavy atom. The summed E-state index contributed by atoms with van der Waals surface area (Å²) in [6, 6.07) is 9.36. The van der Waals surface area contributed by atoms with E-state index in [1.54, 1.807) is 0 Å². The minimum atomic E-state index is -0.0935. The van der Waals surface area contributed by atoms with Crippen LogP contribution >= 0.6 is 11.3 Å². The Kier molecular flexibility index (Phi) is 5.48. The number of aromatic nitrogens is 1. The van der Waals surface area contributed by atoms with Crippen molar-refractivity contribution >= 4 is 23.2 Å². The van der Waals surface area contributed by atoms with Crippen LogP contribution in [0, 0.1) is 5.92 Å². The standard InChI is InChI=1S/C19H23N3O2S/c1-13(2)12-20-17(23)18-21-15-8-10-22(11-9-16(15)25-18)19(24)14-6-4-3-5-7-14/h3-7,13H,8-12H2,1-2H3,(H,20,23). The van der Waals surface area contributed by atoms with Crippen LogP contribution in [0.15, 0.2) is 30.3 Å². The summed E-state index contributed by atoms with van der Waals surface area (Å²) in [4.78, 5) is 32.3. The van der Waals surface area contributed by atoms with E-state index in [1.807, 2.05) is 35.2 Å². The number of thiazole rings is 1. The molecule has 1 aliphatic heterocycles. The number of rotatable bonds is 4. The Hall–Kier alpha value is -2.21. The largest absolute Gasteiger partial charge is 0.350 e. The molecule has 0 radical (unpaired) electrons. The van der Waals surface area contributed by atoms with Gasteiger partial charge in [-0.25, -0.2) is 4.98 Å². The first-order valence-electron chi connectivity index (χ1n) is 8.65. The van der Waals surface area contributed by atoms with Crippen LogP contribution in [0.3, 0.4) is 0 Å². The van der Waals surface area contributed by atoms with E-state index < -0.39 is 0 Å². The van der Waals surface area contributed by atoms with Gasteiger partial charge in [0.05, 0.1) is 5.69 Å². The molecule has 0 atom stereocenters. The molecule has 0 bridgehead atoms. The number of nitrogens with zero attached hydrogens (tertiary/aromatic N) is 2. The van der Waals surface area contributed by atoms with E-state index in [1.165, 1.54) is 11.3 Å². The second-order valence-electron chi connectivity index (χ2n) is 6.65. The van der Waals surface area contributed by atoms with E-state index in [4.69, 9.17) is 0 Å². The van der Waals surface area contributed by atoms with Crippen LogP contribution in [0.4, 0.5) is 0 Å². The van der Waals surface area contributed by atoms with Gasteiger partial charge in [0.1, 0.15) is 0 Å². The molecule has 0 saturated carbocycles. The second kappa shape index (κ2) is 7.78. The predicted octanol–water partition coefficient (Wildman–Crippen LogP) is 2.77. The molecule has 6 heteroatoms. The van der Waals surface area contributed by atoms with E-state index in [0.717, 1.165) is 22.6 Å². The SMILES string of the molecule is CC(C)CNC(=O)c1nc2c(s1)CCN(C(=O)c1ccccc1)CC2. The van der Waals surface area contributed by atoms with Crippen LogP contribution in [0.25, 0.3) is 0 Å². The molecule has 0 saturated heterocycles. The van der Waals surface area contributed by atoms with Gasteiger partial charge in [-0.3, -0.25) is 9.59 Å². The van der Waals surface area contributed by atoms with E-state index in [-0.39, 0.29) is 11.8 Å². The van der Waals surface area contributed by atoms with E-state index in [0.29, 0.717) is 37.0 Å². The summed E-state index contributed by atoms with van der Waals surface area (Å²) in [5, 5.41) is 3.45. The fraction of sp³-hybridized carbons (Fsp3) is 0.421. The molecule has 1 aliphatic rings. The first-order valence-corrected chi connectivity index (χ1v) is 9.47. The molecule has 3 rings (SSSR count). The smallest absolute Gasteiger partial charge is 0.280 e. The monoisotopic (exact) mass is 357 g/mol. The fourth-order valence-corrected chi connectivity index (χ4v) is 3.81. The van der Waals surface area contributed by atoms with Crippen LogP contribution < -0.4 is 5.32 Å². The highest BCUT2D eigenvalue weighted by molar-refractivity contribution is 7.13. The lowest BCUT2D eigenvalue weighted by Gasteiger charge is -2.20. The maximum Gasteiger partial charge on any atom is 0.280 e. The van der Waals surface area contributed by atoms with Gasteiger partial charge in [-0.15, -0.1) is 11.3 Å². The molecule has 25 heavy (non-hydrogen) atoms. The van der Waals surface area contributed by atoms with Crippen molar-refractivity contribution in [3.05, 3.63) is 51.5 Å². The number of amides is 2. The third kappa shape index (κ3) is 4.25. The molecular formula is C19H23N3O2S. The molecule has 132 valence electrons. The molecule has 0 spiro atoms. The van der Waals surface area contributed by atoms with Gasteiger partial charge >= 0.3 is 0 Å². The topological polar surface area (TPSA) is 62.3 Å². The summed E-state index contributed by atoms with van der Waals surface area (Å²) in [6.07, 6.45) is 1.45. The zero-order chi connectivity index (χ0) is 17.8. The van der Waals surface area contributed by atoms with E-state index in [9.17, 15) is 9.59 Å². The van der Waals surface area contributed by atoms with Gasteiger partial charge in [-0.1, -0.05) is 32.0 Å². The summed E-state index contributed by atoms with van der Waals surface area (Å²) in [5.74, 6) is 0.383. The van der Waals surface area contributed by atoms with Crippen molar-refractivity contribution in [1.29, 1.82) is 0 Å². The molecular weight excluding hydrogens is 334 g/mol. The highest BCUT2D eigenvalue weighted by Crippen LogP contribution is 2.23. The van der Waals surface area contributed by atoms with Crippen molar-refractivity contribution in [3.8, 4) is 0 Å². The van der Waals surface area contributed by atoms with E-state index in [2.05, 4.69) is 24.1 Å². The van der Waals surface area contributed by atoms with Crippen LogP contribution in [0.2, 0.25) is 0 Å². The molecule has 2 amide bonds. The molecule has 5 nitrogen and oxygen atoms in total. The minimum Gasteiger partial charge on any atom is -0.350 e. The first kappa shape index (κ1) is 17.6. The van der Waals surface area contributed by atoms with Crippen molar-refractivity contribution in [1.82, 2.24) is 15.2 Å². The first-order chi connectivity index (χ1) is 12.0. The maximum atomic E-state index is 12.6. The Bertz CT molecular complexity index is 730. The Morgan fingerprint density at radius 2 is 1.92 bits per heavy atom. The number of nitrogens with one attached hydrogen (secondary N) is 1. The van der Waals surface area contributed by atoms with Crippen LogP contribution in [-0.4, -0.2) is 41.3 Å². The van der Waals surface area contributed by atoms with Crippen molar-refractivity contribution in [2.45, 2.75) is 26.7 Å². The summed E-state index contributed by atoms with van der Waals surface area (Å²) < 4.78 is 0. The van der Waals surface area contributed by atoms with Gasteiger partial charge in [0.25, 0.3) is 11.8 Å². The Balaban J connectivity index is 1.65. The minimum absolute atomic E-state index is 0.0608. The Morgan fingerprint density at radius 3 is 2.64 bits per heavy atom. The Labute approximate surface area is 152 Å². The molecule has 1 aromatic heterocycles. The molecule has 1 aromatic carbocycles. The lowest BCUT2D eigenvalue weighted by molar-refractivity contribution is 0.0762. The van der Waals surface area contributed by atoms with Crippen molar-refractivity contribution < 1.29 is 9.59 Å². The predicted molar refractivity (Wildman–Crippen MR) is 99.0 cm³/mol. The van der Waals surface area contributed by atoms with Crippen molar-refractivity contribution in [2.24, 2.45) is 5.92 Å². The normalized spacial score (nSPS) is 14.1. The summed E-state index contributed by atoms with van der Waals surface area (Å²) in [7, 11) is 0. The highest BCUT2D eigenvalue weighted by Gasteiger charge is 2.23. The number of carbonyl (C=O) groups is 2. The number of hydrogen-bond acceptors (Lipinski definition) is 4. The van der Waals surface area contributed by atoms with Gasteiger partial charge in [-0.2, -0.15) is 0 Å². The highest BCUT2D eigenvalue weighted by atomic mass is 32.1. The third-order valence-corrected chi connectivity index (χ3v) is 5.33. The third-order valence-electron chi connectivity index (χ3n) is 4.18. The molecule has 0 unspecified atom stereocenters. The van der Waals surface area contributed by atoms with Crippen LogP contribution in [0.5, 0.6) is 0 Å². The van der Waals surface area contributed by atoms with Gasteiger partial charge in [-0.05, 0) is 18.1 Å². The summed E-state index contributed by atoms with van der Waals surface area (Å²) in [5.41, 5.74) is 1.68. The van der Waals surface area contributed by atoms with E-state index >= 15 is 0 Å². The van der Waals surface area contributed by atoms with Crippen LogP contribution in [-0.2, 0) is 12.8 Å². The lowest BCUT2D eigenvalue weighted by Crippen LogP contribution is -2.33. The van der Waals surface area contributed by atoms with Gasteiger partial charge in [0.15, 0.2) is 5.01 Å². The zero-order valence-electron chi connectivity index (χ0n) is 14.6. The van der Waals surface area contributed by atoms with Crippen molar-refractivity contribution in [3.63, 3.8) is 0 Å². The van der Waals surface area contributed by atoms with Gasteiger partial charge in [0, 0.05) is 42.9 Å². The number of fused-ring (bicyclic) bond motifs is 1. The molecule has 2 aromatic rings. The van der Waals surface area contributed by atoms with Gasteiger partial charge in [0.2, 0.25) is 0 Å². The maximum absolute atomic E-state index is 12.6. The fourth-order valence-electron chi connectivity index (χ4n) is 2.80. The lowest BCUT2D eigenvalue weighted by atomic mass is 10.2. The average molecular weight is 357 g/mol. The molecule has 0 aliphatic carbocycles. The van der Waals surface area contributed by atoms with Crippen molar-refractivity contribution in [2.75, 3.05) is 19.6 Å². The number of benzene rings is 1. The molecule has 0 fully saturated rings. The zero-order valence-corrected chi connectivity index (χ0v) is 15.4. The van der Waals surface area contributed by atoms with Crippen LogP contribution in [0.1, 0.15) is 44.6 Å². The molecule has 2 heterocycles. The number of hydrogen-bond donors (Lipinski definition) is 1. The average Bonchev–Trinajstić information content (AvgIpc) is 2.93. The second-order valence-corrected chi connectivity index (χ2v) is 7.73. The summed E-state index contributed by atoms with van der Waals surface area (Å²) >= 11 is 1.46. The van der Waals surface area contributed by atoms with Gasteiger partial charge < -0.3 is 10.2 Å².